The zero-order chi connectivity index (χ0) is 28.3. The van der Waals surface area contributed by atoms with Crippen molar-refractivity contribution in [1.82, 2.24) is 0 Å². The number of benzene rings is 2. The number of aliphatic hydroxyl groups is 6. The Kier molecular flexibility index (Phi) is 8.86. The third-order valence-corrected chi connectivity index (χ3v) is 6.48. The molecule has 8 atom stereocenters. The van der Waals surface area contributed by atoms with Crippen LogP contribution >= 0.6 is 0 Å². The van der Waals surface area contributed by atoms with Crippen LogP contribution in [-0.4, -0.2) is 115 Å². The molecule has 0 unspecified atom stereocenters. The maximum Gasteiger partial charge on any atom is 0.229 e. The first-order chi connectivity index (χ1) is 18.6. The lowest BCUT2D eigenvalue weighted by Crippen LogP contribution is -2.62. The fraction of sp³-hybridized carbons (Fsp3) is 0.423. The highest BCUT2D eigenvalue weighted by Crippen LogP contribution is 2.32. The monoisotopic (exact) mass is 550 g/mol. The first-order valence-electron chi connectivity index (χ1n) is 12.0. The molecule has 39 heavy (non-hydrogen) atoms. The summed E-state index contributed by atoms with van der Waals surface area (Å²) in [7, 11) is 0. The lowest BCUT2D eigenvalue weighted by Gasteiger charge is -2.42. The van der Waals surface area contributed by atoms with Crippen LogP contribution in [0.3, 0.4) is 0 Å². The molecule has 2 saturated heterocycles. The van der Waals surface area contributed by atoms with Crippen LogP contribution in [0.15, 0.2) is 48.5 Å². The van der Waals surface area contributed by atoms with Gasteiger partial charge in [0.1, 0.15) is 47.3 Å². The second kappa shape index (κ2) is 12.0. The summed E-state index contributed by atoms with van der Waals surface area (Å²) in [5, 5.41) is 79.8. The van der Waals surface area contributed by atoms with E-state index in [1.54, 1.807) is 12.1 Å². The Hall–Kier alpha value is -3.11. The van der Waals surface area contributed by atoms with Gasteiger partial charge in [-0.25, -0.2) is 0 Å². The molecule has 0 aromatic heterocycles. The molecule has 13 nitrogen and oxygen atoms in total. The van der Waals surface area contributed by atoms with Crippen LogP contribution in [0, 0.1) is 0 Å². The van der Waals surface area contributed by atoms with E-state index in [0.29, 0.717) is 5.56 Å². The van der Waals surface area contributed by atoms with Gasteiger partial charge >= 0.3 is 0 Å². The first kappa shape index (κ1) is 28.9. The van der Waals surface area contributed by atoms with Gasteiger partial charge in [0.25, 0.3) is 0 Å². The smallest absolute Gasteiger partial charge is 0.229 e. The molecule has 0 aliphatic carbocycles. The van der Waals surface area contributed by atoms with E-state index in [9.17, 15) is 45.6 Å². The van der Waals surface area contributed by atoms with Gasteiger partial charge in [0, 0.05) is 6.07 Å². The third kappa shape index (κ3) is 6.22. The van der Waals surface area contributed by atoms with Gasteiger partial charge in [0.2, 0.25) is 6.29 Å². The number of hydrogen-bond donors (Lipinski definition) is 8. The van der Waals surface area contributed by atoms with E-state index in [4.69, 9.17) is 18.9 Å². The highest BCUT2D eigenvalue weighted by molar-refractivity contribution is 6.08. The minimum absolute atomic E-state index is 0.0148. The van der Waals surface area contributed by atoms with Gasteiger partial charge < -0.3 is 59.8 Å². The number of allylic oxidation sites excluding steroid dienone is 1. The van der Waals surface area contributed by atoms with Crippen molar-refractivity contribution in [3.63, 3.8) is 0 Å². The summed E-state index contributed by atoms with van der Waals surface area (Å²) in [5.74, 6) is -0.918. The molecule has 2 aromatic rings. The van der Waals surface area contributed by atoms with Crippen molar-refractivity contribution in [2.24, 2.45) is 0 Å². The van der Waals surface area contributed by atoms with Gasteiger partial charge in [-0.05, 0) is 35.9 Å². The standard InChI is InChI=1S/C26H30O13/c27-10-19-20(32)21(33)22(39-25-23(34)26(35,11-28)12-36-25)24(38-19)37-15-3-1-2-13(8-15)4-7-17(30)16-6-5-14(29)9-18(16)31/h1-9,19-25,27-29,31-35H,10-12H2/t19-,20-,21+,22-,23+,24-,25+,26-/m1/s1. The minimum atomic E-state index is -2.00. The molecule has 0 amide bonds. The number of phenols is 2. The van der Waals surface area contributed by atoms with E-state index in [0.717, 1.165) is 6.07 Å². The average molecular weight is 551 g/mol. The van der Waals surface area contributed by atoms with Crippen molar-refractivity contribution in [3.05, 3.63) is 59.7 Å². The summed E-state index contributed by atoms with van der Waals surface area (Å²) in [6.07, 6.45) is -7.96. The summed E-state index contributed by atoms with van der Waals surface area (Å²) in [4.78, 5) is 12.5. The highest BCUT2D eigenvalue weighted by Gasteiger charge is 2.53. The topological polar surface area (TPSA) is 216 Å². The van der Waals surface area contributed by atoms with Crippen LogP contribution in [0.1, 0.15) is 15.9 Å². The molecule has 212 valence electrons. The lowest BCUT2D eigenvalue weighted by molar-refractivity contribution is -0.318. The molecular formula is C26H30O13. The number of rotatable bonds is 9. The van der Waals surface area contributed by atoms with Crippen molar-refractivity contribution in [3.8, 4) is 17.2 Å². The molecule has 2 heterocycles. The Bertz CT molecular complexity index is 1190. The molecule has 0 bridgehead atoms. The van der Waals surface area contributed by atoms with Crippen LogP contribution < -0.4 is 4.74 Å². The maximum atomic E-state index is 12.5. The second-order valence-corrected chi connectivity index (χ2v) is 9.28. The Labute approximate surface area is 222 Å². The Balaban J connectivity index is 1.51. The van der Waals surface area contributed by atoms with E-state index in [-0.39, 0.29) is 22.8 Å². The summed E-state index contributed by atoms with van der Waals surface area (Å²) in [6, 6.07) is 9.87. The molecule has 2 aromatic carbocycles. The molecule has 8 N–H and O–H groups in total. The average Bonchev–Trinajstić information content (AvgIpc) is 3.20. The largest absolute Gasteiger partial charge is 0.508 e. The summed E-state index contributed by atoms with van der Waals surface area (Å²) in [5.41, 5.74) is -1.52. The Morgan fingerprint density at radius 1 is 1.05 bits per heavy atom. The number of hydrogen-bond acceptors (Lipinski definition) is 13. The number of carbonyl (C=O) groups excluding carboxylic acids is 1. The van der Waals surface area contributed by atoms with Crippen molar-refractivity contribution in [2.45, 2.75) is 48.7 Å². The lowest BCUT2D eigenvalue weighted by atomic mass is 9.98. The Morgan fingerprint density at radius 3 is 2.49 bits per heavy atom. The third-order valence-electron chi connectivity index (χ3n) is 6.48. The fourth-order valence-electron chi connectivity index (χ4n) is 4.18. The zero-order valence-corrected chi connectivity index (χ0v) is 20.5. The predicted molar refractivity (Wildman–Crippen MR) is 131 cm³/mol. The summed E-state index contributed by atoms with van der Waals surface area (Å²) >= 11 is 0. The zero-order valence-electron chi connectivity index (χ0n) is 20.5. The number of carbonyl (C=O) groups is 1. The van der Waals surface area contributed by atoms with Crippen LogP contribution in [0.4, 0.5) is 0 Å². The SMILES string of the molecule is O=C(C=Cc1cccc(O[C@@H]2O[C@H](CO)[C@@H](O)[C@H](O)[C@H]2O[C@@H]2OC[C@](O)(CO)[C@H]2O)c1)c1ccc(O)cc1O. The van der Waals surface area contributed by atoms with Gasteiger partial charge in [0.05, 0.1) is 25.4 Å². The van der Waals surface area contributed by atoms with Gasteiger partial charge in [-0.2, -0.15) is 0 Å². The predicted octanol–water partition coefficient (Wildman–Crippen LogP) is -1.36. The van der Waals surface area contributed by atoms with Crippen molar-refractivity contribution >= 4 is 11.9 Å². The normalized spacial score (nSPS) is 32.9. The molecule has 0 radical (unpaired) electrons. The Morgan fingerprint density at radius 2 is 1.82 bits per heavy atom. The van der Waals surface area contributed by atoms with E-state index >= 15 is 0 Å². The quantitative estimate of drug-likeness (QED) is 0.134. The second-order valence-electron chi connectivity index (χ2n) is 9.28. The fourth-order valence-corrected chi connectivity index (χ4v) is 4.18. The van der Waals surface area contributed by atoms with Crippen LogP contribution in [0.5, 0.6) is 17.2 Å². The van der Waals surface area contributed by atoms with E-state index in [1.165, 1.54) is 36.4 Å². The van der Waals surface area contributed by atoms with Gasteiger partial charge in [-0.1, -0.05) is 18.2 Å². The molecule has 0 spiro atoms. The van der Waals surface area contributed by atoms with Crippen molar-refractivity contribution in [1.29, 1.82) is 0 Å². The van der Waals surface area contributed by atoms with Gasteiger partial charge in [-0.15, -0.1) is 0 Å². The molecule has 2 aliphatic rings. The van der Waals surface area contributed by atoms with E-state index in [2.05, 4.69) is 0 Å². The summed E-state index contributed by atoms with van der Waals surface area (Å²) < 4.78 is 22.3. The highest BCUT2D eigenvalue weighted by atomic mass is 16.8. The molecule has 13 heteroatoms. The number of aromatic hydroxyl groups is 2. The molecule has 0 saturated carbocycles. The van der Waals surface area contributed by atoms with Crippen LogP contribution in [-0.2, 0) is 14.2 Å². The number of phenolic OH excluding ortho intramolecular Hbond substituents is 2. The molecular weight excluding hydrogens is 520 g/mol. The van der Waals surface area contributed by atoms with E-state index in [1.807, 2.05) is 0 Å². The van der Waals surface area contributed by atoms with E-state index < -0.39 is 74.3 Å². The van der Waals surface area contributed by atoms with Crippen molar-refractivity contribution < 1.29 is 64.6 Å². The number of aliphatic hydroxyl groups excluding tert-OH is 5. The molecule has 2 fully saturated rings. The van der Waals surface area contributed by atoms with Crippen LogP contribution in [0.2, 0.25) is 0 Å². The van der Waals surface area contributed by atoms with Crippen molar-refractivity contribution in [2.75, 3.05) is 19.8 Å². The molecule has 2 aliphatic heterocycles. The number of ether oxygens (including phenoxy) is 4. The number of ketones is 1. The van der Waals surface area contributed by atoms with Gasteiger partial charge in [0.15, 0.2) is 18.2 Å². The summed E-state index contributed by atoms with van der Waals surface area (Å²) in [6.45, 7) is -1.93. The minimum Gasteiger partial charge on any atom is -0.508 e. The maximum absolute atomic E-state index is 12.5. The molecule has 4 rings (SSSR count). The van der Waals surface area contributed by atoms with Crippen LogP contribution in [0.25, 0.3) is 6.08 Å². The van der Waals surface area contributed by atoms with Gasteiger partial charge in [-0.3, -0.25) is 4.79 Å². The first-order valence-corrected chi connectivity index (χ1v) is 12.0.